The molecule has 5 heteroatoms. The first-order chi connectivity index (χ1) is 13.0. The first-order valence-corrected chi connectivity index (χ1v) is 8.25. The third-order valence-corrected chi connectivity index (χ3v) is 4.89. The number of hydrogen-bond donors (Lipinski definition) is 2. The molecule has 0 radical (unpaired) electrons. The van der Waals surface area contributed by atoms with Crippen LogP contribution in [0.2, 0.25) is 0 Å². The molecule has 2 aromatic rings. The molecule has 0 saturated heterocycles. The summed E-state index contributed by atoms with van der Waals surface area (Å²) >= 11 is 0. The third kappa shape index (κ3) is 3.51. The fourth-order valence-electron chi connectivity index (χ4n) is 3.47. The molecule has 0 spiro atoms. The Morgan fingerprint density at radius 1 is 1.16 bits per heavy atom. The van der Waals surface area contributed by atoms with Crippen LogP contribution in [0.3, 0.4) is 0 Å². The number of hydrogen-bond acceptors (Lipinski definition) is 5. The van der Waals surface area contributed by atoms with Gasteiger partial charge in [-0.15, -0.1) is 0 Å². The fraction of sp³-hybridized carbons (Fsp3) is 0.400. The minimum Gasteiger partial charge on any atom is -0.504 e. The largest absolute Gasteiger partial charge is 0.504 e. The highest BCUT2D eigenvalue weighted by Gasteiger charge is 2.26. The number of phenols is 2. The minimum atomic E-state index is -0.238. The van der Waals surface area contributed by atoms with Gasteiger partial charge in [0.05, 0.1) is 16.9 Å². The zero-order valence-electron chi connectivity index (χ0n) is 16.4. The number of aryl methyl sites for hydroxylation is 1. The molecule has 134 valence electrons. The van der Waals surface area contributed by atoms with Crippen LogP contribution in [0.5, 0.6) is 23.0 Å². The molecule has 1 heterocycles. The van der Waals surface area contributed by atoms with Gasteiger partial charge in [0, 0.05) is 12.6 Å². The Bertz CT molecular complexity index is 800. The Labute approximate surface area is 151 Å². The van der Waals surface area contributed by atoms with E-state index < -0.39 is 0 Å². The lowest BCUT2D eigenvalue weighted by Crippen LogP contribution is -2.32. The average molecular weight is 349 g/mol. The van der Waals surface area contributed by atoms with Gasteiger partial charge >= 0.3 is 0 Å². The Kier molecular flexibility index (Phi) is 4.31. The van der Waals surface area contributed by atoms with Crippen LogP contribution < -0.4 is 9.47 Å². The molecule has 1 aliphatic rings. The Morgan fingerprint density at radius 3 is 2.68 bits per heavy atom. The van der Waals surface area contributed by atoms with E-state index in [4.69, 9.17) is 12.2 Å². The summed E-state index contributed by atoms with van der Waals surface area (Å²) in [6, 6.07) is 8.98. The molecule has 1 atom stereocenters. The van der Waals surface area contributed by atoms with Crippen molar-refractivity contribution < 1.29 is 22.4 Å². The van der Waals surface area contributed by atoms with Gasteiger partial charge in [-0.1, -0.05) is 6.07 Å². The number of aromatic hydroxyl groups is 2. The Balaban J connectivity index is 1.79. The normalized spacial score (nSPS) is 18.2. The Hall–Kier alpha value is -2.40. The lowest BCUT2D eigenvalue weighted by molar-refractivity contribution is 0.218. The number of ether oxygens (including phenoxy) is 2. The lowest BCUT2D eigenvalue weighted by atomic mass is 9.96. The summed E-state index contributed by atoms with van der Waals surface area (Å²) in [6.07, 6.45) is 2.49. The van der Waals surface area contributed by atoms with Gasteiger partial charge in [0.25, 0.3) is 0 Å². The Morgan fingerprint density at radius 2 is 1.92 bits per heavy atom. The second-order valence-electron chi connectivity index (χ2n) is 6.39. The van der Waals surface area contributed by atoms with Crippen molar-refractivity contribution in [2.24, 2.45) is 0 Å². The second kappa shape index (κ2) is 7.23. The molecule has 5 nitrogen and oxygen atoms in total. The van der Waals surface area contributed by atoms with E-state index in [9.17, 15) is 10.2 Å². The predicted molar refractivity (Wildman–Crippen MR) is 96.7 cm³/mol. The van der Waals surface area contributed by atoms with E-state index in [1.165, 1.54) is 0 Å². The molecule has 0 bridgehead atoms. The van der Waals surface area contributed by atoms with Crippen LogP contribution in [-0.2, 0) is 12.8 Å². The van der Waals surface area contributed by atoms with Crippen molar-refractivity contribution in [2.45, 2.75) is 25.3 Å². The van der Waals surface area contributed by atoms with Crippen LogP contribution in [0.15, 0.2) is 30.3 Å². The molecule has 2 N–H and O–H groups in total. The first kappa shape index (κ1) is 14.9. The summed E-state index contributed by atoms with van der Waals surface area (Å²) < 4.78 is 24.7. The monoisotopic (exact) mass is 349 g/mol. The predicted octanol–water partition coefficient (Wildman–Crippen LogP) is 3.28. The van der Waals surface area contributed by atoms with E-state index in [0.29, 0.717) is 11.5 Å². The molecule has 1 aliphatic heterocycles. The van der Waals surface area contributed by atoms with E-state index in [1.807, 2.05) is 12.1 Å². The number of phenolic OH excluding ortho intramolecular Hbond substituents is 2. The van der Waals surface area contributed by atoms with E-state index in [1.54, 1.807) is 18.2 Å². The quantitative estimate of drug-likeness (QED) is 0.867. The average Bonchev–Trinajstić information content (AvgIpc) is 2.65. The smallest absolute Gasteiger partial charge is 0.160 e. The van der Waals surface area contributed by atoms with Gasteiger partial charge < -0.3 is 19.7 Å². The maximum Gasteiger partial charge on any atom is 0.160 e. The summed E-state index contributed by atoms with van der Waals surface area (Å²) in [7, 11) is 1.61. The first-order valence-electron chi connectivity index (χ1n) is 9.67. The number of rotatable bonds is 5. The molecule has 0 aromatic heterocycles. The highest BCUT2D eigenvalue weighted by Crippen LogP contribution is 2.39. The maximum atomic E-state index is 10.2. The van der Waals surface area contributed by atoms with Crippen molar-refractivity contribution in [3.8, 4) is 23.0 Å². The van der Waals surface area contributed by atoms with Crippen molar-refractivity contribution in [1.29, 1.82) is 0 Å². The molecule has 0 aliphatic carbocycles. The van der Waals surface area contributed by atoms with E-state index >= 15 is 0 Å². The van der Waals surface area contributed by atoms with Crippen LogP contribution in [0, 0.1) is 0 Å². The highest BCUT2D eigenvalue weighted by molar-refractivity contribution is 5.49. The van der Waals surface area contributed by atoms with Gasteiger partial charge in [-0.05, 0) is 67.3 Å². The minimum absolute atomic E-state index is 0.0398. The lowest BCUT2D eigenvalue weighted by Gasteiger charge is -2.35. The van der Waals surface area contributed by atoms with Crippen molar-refractivity contribution in [2.75, 3.05) is 27.8 Å². The molecule has 25 heavy (non-hydrogen) atoms. The van der Waals surface area contributed by atoms with E-state index in [-0.39, 0.29) is 31.7 Å². The number of benzene rings is 2. The van der Waals surface area contributed by atoms with Crippen LogP contribution in [0.25, 0.3) is 0 Å². The van der Waals surface area contributed by atoms with Gasteiger partial charge in [0.15, 0.2) is 23.0 Å². The molecule has 0 amide bonds. The molecular formula is C20H25NO4. The fourth-order valence-corrected chi connectivity index (χ4v) is 3.47. The number of likely N-dealkylation sites (N-methyl/N-ethyl adjacent to an activating group) is 1. The highest BCUT2D eigenvalue weighted by atomic mass is 16.5. The molecular weight excluding hydrogens is 320 g/mol. The van der Waals surface area contributed by atoms with E-state index in [0.717, 1.165) is 42.5 Å². The molecule has 0 fully saturated rings. The zero-order valence-corrected chi connectivity index (χ0v) is 14.4. The number of methoxy groups -OCH3 is 2. The maximum absolute atomic E-state index is 10.2. The number of fused-ring (bicyclic) bond motifs is 1. The topological polar surface area (TPSA) is 62.2 Å². The summed E-state index contributed by atoms with van der Waals surface area (Å²) in [4.78, 5) is 2.27. The van der Waals surface area contributed by atoms with Crippen LogP contribution in [-0.4, -0.2) is 42.9 Å². The van der Waals surface area contributed by atoms with Crippen molar-refractivity contribution >= 4 is 0 Å². The molecule has 2 aromatic carbocycles. The second-order valence-corrected chi connectivity index (χ2v) is 6.39. The van der Waals surface area contributed by atoms with Crippen molar-refractivity contribution in [3.63, 3.8) is 0 Å². The summed E-state index contributed by atoms with van der Waals surface area (Å²) in [5, 5.41) is 20.0. The van der Waals surface area contributed by atoms with E-state index in [2.05, 4.69) is 11.9 Å². The van der Waals surface area contributed by atoms with Gasteiger partial charge in [0.2, 0.25) is 0 Å². The van der Waals surface area contributed by atoms with Gasteiger partial charge in [0.1, 0.15) is 0 Å². The van der Waals surface area contributed by atoms with Crippen molar-refractivity contribution in [1.82, 2.24) is 4.90 Å². The molecule has 3 rings (SSSR count). The van der Waals surface area contributed by atoms with Crippen molar-refractivity contribution in [3.05, 3.63) is 47.0 Å². The van der Waals surface area contributed by atoms with Gasteiger partial charge in [-0.3, -0.25) is 4.90 Å². The van der Waals surface area contributed by atoms with Crippen LogP contribution in [0.4, 0.5) is 0 Å². The zero-order chi connectivity index (χ0) is 19.4. The van der Waals surface area contributed by atoms with Crippen LogP contribution >= 0.6 is 0 Å². The molecule has 1 unspecified atom stereocenters. The summed E-state index contributed by atoms with van der Waals surface area (Å²) in [6.45, 7) is 0.908. The van der Waals surface area contributed by atoms with Crippen LogP contribution in [0.1, 0.15) is 31.9 Å². The summed E-state index contributed by atoms with van der Waals surface area (Å²) in [5.41, 5.74) is 3.25. The number of nitrogens with zero attached hydrogens (tertiary/aromatic N) is 1. The van der Waals surface area contributed by atoms with Gasteiger partial charge in [-0.25, -0.2) is 0 Å². The standard InChI is InChI=1S/C20H25NO4/c1-21-9-8-14-11-20(25-3)18(23)12-15(14)16(21)6-4-13-5-7-17(22)19(10-13)24-2/h5,7,10-12,16,22-23H,4,6,8-9H2,1-3H3/i2T,3T,6+2. The SMILES string of the molecule is [3H]COc1cc(C[14CH2]C2c3cc(O)c(OC[3H])cc3CCN2C)ccc1O. The third-order valence-electron chi connectivity index (χ3n) is 4.89. The molecule has 0 saturated carbocycles. The van der Waals surface area contributed by atoms with Gasteiger partial charge in [-0.2, -0.15) is 0 Å². The summed E-state index contributed by atoms with van der Waals surface area (Å²) in [5.74, 6) is 0.799.